The fourth-order valence-corrected chi connectivity index (χ4v) is 10.2. The summed E-state index contributed by atoms with van der Waals surface area (Å²) in [6, 6.07) is 57.0. The molecule has 0 amide bonds. The van der Waals surface area contributed by atoms with E-state index in [0.29, 0.717) is 0 Å². The van der Waals surface area contributed by atoms with Crippen LogP contribution in [0, 0.1) is 0 Å². The van der Waals surface area contributed by atoms with E-state index in [9.17, 15) is 0 Å². The molecule has 6 heteroatoms. The van der Waals surface area contributed by atoms with Crippen LogP contribution < -0.4 is 0 Å². The van der Waals surface area contributed by atoms with E-state index in [-0.39, 0.29) is 0 Å². The molecule has 0 N–H and O–H groups in total. The molecule has 248 valence electrons. The summed E-state index contributed by atoms with van der Waals surface area (Å²) in [7, 11) is 0. The summed E-state index contributed by atoms with van der Waals surface area (Å²) in [5.74, 6) is 0. The van der Waals surface area contributed by atoms with E-state index in [4.69, 9.17) is 9.40 Å². The molecule has 0 radical (unpaired) electrons. The van der Waals surface area contributed by atoms with Crippen molar-refractivity contribution in [2.45, 2.75) is 9.79 Å². The Bertz CT molecular complexity index is 3220. The highest BCUT2D eigenvalue weighted by molar-refractivity contribution is 7.99. The van der Waals surface area contributed by atoms with Crippen molar-refractivity contribution in [2.24, 2.45) is 0 Å². The molecule has 0 saturated heterocycles. The average Bonchev–Trinajstić information content (AvgIpc) is 3.95. The Morgan fingerprint density at radius 2 is 1.02 bits per heavy atom. The summed E-state index contributed by atoms with van der Waals surface area (Å²) in [4.78, 5) is 7.16. The number of aromatic nitrogens is 3. The molecule has 0 saturated carbocycles. The molecule has 5 aromatic heterocycles. The standard InChI is InChI=1S/C47H27N3OS2/c1-4-11-39-32(8-1)35-26-30(17-19-41(35)49(39)28-15-21-44-37(24-28)34-10-3-6-13-43(34)51-44)52-31-18-20-42-36(27-31)33-9-2-5-12-40(33)50(42)29-16-22-45-38(25-29)47-46(53-45)14-7-23-48-47/h1-27H. The molecule has 0 bridgehead atoms. The topological polar surface area (TPSA) is 35.9 Å². The van der Waals surface area contributed by atoms with Gasteiger partial charge in [-0.2, -0.15) is 0 Å². The van der Waals surface area contributed by atoms with Gasteiger partial charge in [0.05, 0.1) is 32.3 Å². The van der Waals surface area contributed by atoms with Crippen LogP contribution in [0.4, 0.5) is 0 Å². The Labute approximate surface area is 311 Å². The minimum absolute atomic E-state index is 0.906. The normalized spacial score (nSPS) is 12.2. The Morgan fingerprint density at radius 3 is 1.74 bits per heavy atom. The minimum atomic E-state index is 0.906. The van der Waals surface area contributed by atoms with Crippen LogP contribution >= 0.6 is 23.1 Å². The molecule has 0 spiro atoms. The fourth-order valence-electron chi connectivity index (χ4n) is 8.30. The third-order valence-corrected chi connectivity index (χ3v) is 12.7. The first-order chi connectivity index (χ1) is 26.2. The molecule has 0 fully saturated rings. The van der Waals surface area contributed by atoms with Crippen molar-refractivity contribution < 1.29 is 4.42 Å². The lowest BCUT2D eigenvalue weighted by molar-refractivity contribution is 0.669. The van der Waals surface area contributed by atoms with Crippen LogP contribution in [0.25, 0.3) is 97.2 Å². The van der Waals surface area contributed by atoms with Crippen molar-refractivity contribution in [3.05, 3.63) is 164 Å². The number of pyridine rings is 1. The smallest absolute Gasteiger partial charge is 0.135 e. The zero-order valence-corrected chi connectivity index (χ0v) is 29.8. The summed E-state index contributed by atoms with van der Waals surface area (Å²) in [5, 5.41) is 8.45. The van der Waals surface area contributed by atoms with E-state index >= 15 is 0 Å². The zero-order chi connectivity index (χ0) is 34.6. The van der Waals surface area contributed by atoms with E-state index < -0.39 is 0 Å². The molecule has 7 aromatic carbocycles. The third kappa shape index (κ3) is 4.34. The summed E-state index contributed by atoms with van der Waals surface area (Å²) in [5.41, 5.74) is 9.94. The van der Waals surface area contributed by atoms with E-state index in [0.717, 1.165) is 38.8 Å². The molecule has 12 aromatic rings. The average molecular weight is 714 g/mol. The highest BCUT2D eigenvalue weighted by Gasteiger charge is 2.17. The first kappa shape index (κ1) is 29.3. The summed E-state index contributed by atoms with van der Waals surface area (Å²) in [6.07, 6.45) is 1.89. The lowest BCUT2D eigenvalue weighted by Crippen LogP contribution is -1.93. The van der Waals surface area contributed by atoms with Crippen LogP contribution in [0.5, 0.6) is 0 Å². The highest BCUT2D eigenvalue weighted by Crippen LogP contribution is 2.41. The van der Waals surface area contributed by atoms with Gasteiger partial charge in [-0.3, -0.25) is 4.98 Å². The first-order valence-corrected chi connectivity index (χ1v) is 19.3. The predicted molar refractivity (Wildman–Crippen MR) is 224 cm³/mol. The van der Waals surface area contributed by atoms with Crippen LogP contribution in [-0.2, 0) is 0 Å². The van der Waals surface area contributed by atoms with Crippen molar-refractivity contribution in [3.8, 4) is 11.4 Å². The number of fused-ring (bicyclic) bond motifs is 12. The fraction of sp³-hybridized carbons (Fsp3) is 0. The van der Waals surface area contributed by atoms with Gasteiger partial charge in [-0.25, -0.2) is 0 Å². The zero-order valence-electron chi connectivity index (χ0n) is 28.2. The molecule has 0 atom stereocenters. The van der Waals surface area contributed by atoms with Crippen LogP contribution in [-0.4, -0.2) is 14.1 Å². The Kier molecular flexibility index (Phi) is 6.12. The van der Waals surface area contributed by atoms with Crippen molar-refractivity contribution >= 4 is 109 Å². The van der Waals surface area contributed by atoms with Gasteiger partial charge in [0.25, 0.3) is 0 Å². The van der Waals surface area contributed by atoms with Gasteiger partial charge in [-0.1, -0.05) is 66.4 Å². The summed E-state index contributed by atoms with van der Waals surface area (Å²) in [6.45, 7) is 0. The lowest BCUT2D eigenvalue weighted by atomic mass is 10.1. The first-order valence-electron chi connectivity index (χ1n) is 17.7. The number of hydrogen-bond donors (Lipinski definition) is 0. The molecular formula is C47H27N3OS2. The lowest BCUT2D eigenvalue weighted by Gasteiger charge is -2.09. The molecule has 53 heavy (non-hydrogen) atoms. The highest BCUT2D eigenvalue weighted by atomic mass is 32.2. The van der Waals surface area contributed by atoms with Crippen molar-refractivity contribution in [1.29, 1.82) is 0 Å². The molecule has 0 aliphatic rings. The van der Waals surface area contributed by atoms with Crippen molar-refractivity contribution in [3.63, 3.8) is 0 Å². The Hall–Kier alpha value is -6.34. The Balaban J connectivity index is 0.970. The van der Waals surface area contributed by atoms with Crippen molar-refractivity contribution in [1.82, 2.24) is 14.1 Å². The molecule has 5 heterocycles. The van der Waals surface area contributed by atoms with Crippen LogP contribution in [0.2, 0.25) is 0 Å². The van der Waals surface area contributed by atoms with Crippen molar-refractivity contribution in [2.75, 3.05) is 0 Å². The second kappa shape index (κ2) is 11.1. The van der Waals surface area contributed by atoms with Crippen LogP contribution in [0.3, 0.4) is 0 Å². The number of furan rings is 1. The maximum atomic E-state index is 6.16. The van der Waals surface area contributed by atoms with E-state index in [2.05, 4.69) is 149 Å². The number of hydrogen-bond acceptors (Lipinski definition) is 4. The quantitative estimate of drug-likeness (QED) is 0.182. The van der Waals surface area contributed by atoms with Gasteiger partial charge in [-0.15, -0.1) is 11.3 Å². The molecular weight excluding hydrogens is 687 g/mol. The van der Waals surface area contributed by atoms with Gasteiger partial charge in [0.15, 0.2) is 0 Å². The summed E-state index contributed by atoms with van der Waals surface area (Å²) < 4.78 is 13.4. The van der Waals surface area contributed by atoms with E-state index in [1.807, 2.05) is 36.2 Å². The SMILES string of the molecule is c1ccc2c(c1)oc1ccc(-n3c4ccccc4c4cc(Sc5ccc6c(c5)c5ccccc5n6-c5ccc6sc7cccnc7c6c5)ccc43)cc12. The number of para-hydroxylation sites is 3. The maximum absolute atomic E-state index is 6.16. The molecule has 0 aliphatic carbocycles. The maximum Gasteiger partial charge on any atom is 0.135 e. The van der Waals surface area contributed by atoms with Crippen LogP contribution in [0.15, 0.2) is 178 Å². The Morgan fingerprint density at radius 1 is 0.434 bits per heavy atom. The predicted octanol–water partition coefficient (Wildman–Crippen LogP) is 13.7. The third-order valence-electron chi connectivity index (χ3n) is 10.6. The number of benzene rings is 7. The van der Waals surface area contributed by atoms with Gasteiger partial charge < -0.3 is 13.6 Å². The van der Waals surface area contributed by atoms with Gasteiger partial charge in [0.2, 0.25) is 0 Å². The van der Waals surface area contributed by atoms with E-state index in [1.165, 1.54) is 68.2 Å². The second-order valence-electron chi connectivity index (χ2n) is 13.6. The largest absolute Gasteiger partial charge is 0.456 e. The number of nitrogens with zero attached hydrogens (tertiary/aromatic N) is 3. The molecule has 0 unspecified atom stereocenters. The minimum Gasteiger partial charge on any atom is -0.456 e. The molecule has 4 nitrogen and oxygen atoms in total. The monoisotopic (exact) mass is 713 g/mol. The molecule has 12 rings (SSSR count). The summed E-state index contributed by atoms with van der Waals surface area (Å²) >= 11 is 3.62. The van der Waals surface area contributed by atoms with E-state index in [1.54, 1.807) is 11.3 Å². The second-order valence-corrected chi connectivity index (χ2v) is 15.8. The molecule has 0 aliphatic heterocycles. The number of thiophene rings is 1. The van der Waals surface area contributed by atoms with Gasteiger partial charge in [0.1, 0.15) is 11.2 Å². The van der Waals surface area contributed by atoms with Gasteiger partial charge in [0, 0.05) is 69.8 Å². The van der Waals surface area contributed by atoms with Gasteiger partial charge in [-0.05, 0) is 103 Å². The van der Waals surface area contributed by atoms with Crippen LogP contribution in [0.1, 0.15) is 0 Å². The van der Waals surface area contributed by atoms with Gasteiger partial charge >= 0.3 is 0 Å². The number of rotatable bonds is 4.